The van der Waals surface area contributed by atoms with Crippen LogP contribution in [0.5, 0.6) is 5.75 Å². The Hall–Kier alpha value is -1.63. The number of hydrogen-bond acceptors (Lipinski definition) is 4. The van der Waals surface area contributed by atoms with Gasteiger partial charge in [-0.1, -0.05) is 28.1 Å². The summed E-state index contributed by atoms with van der Waals surface area (Å²) in [7, 11) is 4.89. The molecule has 2 rings (SSSR count). The Morgan fingerprint density at radius 3 is 2.32 bits per heavy atom. The van der Waals surface area contributed by atoms with E-state index in [1.165, 1.54) is 0 Å². The van der Waals surface area contributed by atoms with Gasteiger partial charge < -0.3 is 19.1 Å². The number of halogens is 1. The summed E-state index contributed by atoms with van der Waals surface area (Å²) in [5, 5.41) is 2.09. The maximum absolute atomic E-state index is 12.9. The van der Waals surface area contributed by atoms with E-state index in [0.717, 1.165) is 26.6 Å². The van der Waals surface area contributed by atoms with E-state index in [0.29, 0.717) is 26.3 Å². The summed E-state index contributed by atoms with van der Waals surface area (Å²) < 4.78 is 16.7. The molecular formula is C19H24BrNO4. The van der Waals surface area contributed by atoms with Crippen molar-refractivity contribution >= 4 is 32.6 Å². The van der Waals surface area contributed by atoms with Crippen LogP contribution in [0.4, 0.5) is 0 Å². The van der Waals surface area contributed by atoms with Crippen molar-refractivity contribution in [3.8, 4) is 5.75 Å². The number of nitrogens with zero attached hydrogens (tertiary/aromatic N) is 1. The fourth-order valence-electron chi connectivity index (χ4n) is 2.75. The standard InChI is InChI=1S/C19H24BrNO4/c1-23-10-8-21(9-11-24-2)19(22)13-17-16-6-5-15(20)12-14(16)4-7-18(17)25-3/h4-7,12H,8-11,13H2,1-3H3. The predicted octanol–water partition coefficient (Wildman–Crippen LogP) is 3.27. The number of amides is 1. The molecule has 0 heterocycles. The second-order valence-corrected chi connectivity index (χ2v) is 6.57. The van der Waals surface area contributed by atoms with E-state index in [1.807, 2.05) is 30.3 Å². The number of fused-ring (bicyclic) bond motifs is 1. The number of carbonyl (C=O) groups excluding carboxylic acids is 1. The second kappa shape index (κ2) is 9.75. The van der Waals surface area contributed by atoms with Crippen molar-refractivity contribution in [1.29, 1.82) is 0 Å². The lowest BCUT2D eigenvalue weighted by molar-refractivity contribution is -0.131. The summed E-state index contributed by atoms with van der Waals surface area (Å²) in [6.45, 7) is 2.07. The zero-order chi connectivity index (χ0) is 18.2. The molecule has 0 aliphatic rings. The van der Waals surface area contributed by atoms with Crippen LogP contribution in [0, 0.1) is 0 Å². The summed E-state index contributed by atoms with van der Waals surface area (Å²) in [6, 6.07) is 9.94. The molecule has 5 nitrogen and oxygen atoms in total. The van der Waals surface area contributed by atoms with Gasteiger partial charge in [-0.15, -0.1) is 0 Å². The minimum Gasteiger partial charge on any atom is -0.496 e. The summed E-state index contributed by atoms with van der Waals surface area (Å²) in [5.74, 6) is 0.754. The third-order valence-electron chi connectivity index (χ3n) is 4.08. The molecule has 0 atom stereocenters. The Labute approximate surface area is 157 Å². The number of hydrogen-bond donors (Lipinski definition) is 0. The van der Waals surface area contributed by atoms with Gasteiger partial charge in [0.2, 0.25) is 5.91 Å². The molecular weight excluding hydrogens is 386 g/mol. The van der Waals surface area contributed by atoms with Crippen molar-refractivity contribution in [1.82, 2.24) is 4.90 Å². The van der Waals surface area contributed by atoms with E-state index >= 15 is 0 Å². The Bertz CT molecular complexity index is 712. The van der Waals surface area contributed by atoms with Gasteiger partial charge in [-0.25, -0.2) is 0 Å². The van der Waals surface area contributed by atoms with Crippen molar-refractivity contribution in [2.75, 3.05) is 47.6 Å². The molecule has 6 heteroatoms. The first kappa shape index (κ1) is 19.7. The average molecular weight is 410 g/mol. The van der Waals surface area contributed by atoms with E-state index in [2.05, 4.69) is 15.9 Å². The minimum absolute atomic E-state index is 0.0304. The largest absolute Gasteiger partial charge is 0.496 e. The fraction of sp³-hybridized carbons (Fsp3) is 0.421. The number of carbonyl (C=O) groups is 1. The molecule has 0 aromatic heterocycles. The van der Waals surface area contributed by atoms with Gasteiger partial charge in [0.05, 0.1) is 26.7 Å². The van der Waals surface area contributed by atoms with Gasteiger partial charge in [-0.05, 0) is 29.0 Å². The molecule has 0 spiro atoms. The van der Waals surface area contributed by atoms with Gasteiger partial charge in [0.1, 0.15) is 5.75 Å². The zero-order valence-electron chi connectivity index (χ0n) is 14.9. The molecule has 0 aliphatic heterocycles. The van der Waals surface area contributed by atoms with Crippen LogP contribution < -0.4 is 4.74 Å². The van der Waals surface area contributed by atoms with Crippen LogP contribution in [0.25, 0.3) is 10.8 Å². The maximum Gasteiger partial charge on any atom is 0.227 e. The van der Waals surface area contributed by atoms with E-state index < -0.39 is 0 Å². The van der Waals surface area contributed by atoms with Crippen molar-refractivity contribution < 1.29 is 19.0 Å². The highest BCUT2D eigenvalue weighted by atomic mass is 79.9. The van der Waals surface area contributed by atoms with Gasteiger partial charge in [0, 0.05) is 37.3 Å². The van der Waals surface area contributed by atoms with Crippen LogP contribution >= 0.6 is 15.9 Å². The summed E-state index contributed by atoms with van der Waals surface area (Å²) in [4.78, 5) is 14.6. The lowest BCUT2D eigenvalue weighted by Crippen LogP contribution is -2.37. The molecule has 0 fully saturated rings. The minimum atomic E-state index is 0.0304. The summed E-state index contributed by atoms with van der Waals surface area (Å²) in [6.07, 6.45) is 0.273. The van der Waals surface area contributed by atoms with E-state index in [9.17, 15) is 4.79 Å². The van der Waals surface area contributed by atoms with Gasteiger partial charge in [0.15, 0.2) is 0 Å². The molecule has 136 valence electrons. The van der Waals surface area contributed by atoms with Crippen LogP contribution in [0.2, 0.25) is 0 Å². The van der Waals surface area contributed by atoms with Crippen LogP contribution in [-0.4, -0.2) is 58.4 Å². The third-order valence-corrected chi connectivity index (χ3v) is 4.57. The first-order valence-corrected chi connectivity index (χ1v) is 8.90. The summed E-state index contributed by atoms with van der Waals surface area (Å²) >= 11 is 3.49. The Morgan fingerprint density at radius 1 is 1.04 bits per heavy atom. The second-order valence-electron chi connectivity index (χ2n) is 5.65. The lowest BCUT2D eigenvalue weighted by Gasteiger charge is -2.23. The molecule has 0 saturated heterocycles. The van der Waals surface area contributed by atoms with Gasteiger partial charge in [0.25, 0.3) is 0 Å². The van der Waals surface area contributed by atoms with Crippen molar-refractivity contribution in [3.63, 3.8) is 0 Å². The van der Waals surface area contributed by atoms with Crippen LogP contribution in [0.15, 0.2) is 34.8 Å². The topological polar surface area (TPSA) is 48.0 Å². The number of methoxy groups -OCH3 is 3. The highest BCUT2D eigenvalue weighted by Gasteiger charge is 2.18. The predicted molar refractivity (Wildman–Crippen MR) is 102 cm³/mol. The highest BCUT2D eigenvalue weighted by molar-refractivity contribution is 9.10. The Morgan fingerprint density at radius 2 is 1.72 bits per heavy atom. The molecule has 0 bridgehead atoms. The monoisotopic (exact) mass is 409 g/mol. The normalized spacial score (nSPS) is 10.9. The highest BCUT2D eigenvalue weighted by Crippen LogP contribution is 2.30. The zero-order valence-corrected chi connectivity index (χ0v) is 16.5. The fourth-order valence-corrected chi connectivity index (χ4v) is 3.12. The SMILES string of the molecule is COCCN(CCOC)C(=O)Cc1c(OC)ccc2cc(Br)ccc12. The summed E-state index contributed by atoms with van der Waals surface area (Å²) in [5.41, 5.74) is 0.900. The molecule has 2 aromatic rings. The van der Waals surface area contributed by atoms with E-state index in [1.54, 1.807) is 26.2 Å². The molecule has 1 amide bonds. The molecule has 0 unspecified atom stereocenters. The Balaban J connectivity index is 2.31. The quantitative estimate of drug-likeness (QED) is 0.637. The van der Waals surface area contributed by atoms with Gasteiger partial charge >= 0.3 is 0 Å². The van der Waals surface area contributed by atoms with Crippen LogP contribution in [0.3, 0.4) is 0 Å². The molecule has 25 heavy (non-hydrogen) atoms. The lowest BCUT2D eigenvalue weighted by atomic mass is 10.0. The van der Waals surface area contributed by atoms with Gasteiger partial charge in [-0.2, -0.15) is 0 Å². The van der Waals surface area contributed by atoms with Crippen LogP contribution in [0.1, 0.15) is 5.56 Å². The van der Waals surface area contributed by atoms with Gasteiger partial charge in [-0.3, -0.25) is 4.79 Å². The van der Waals surface area contributed by atoms with Crippen LogP contribution in [-0.2, 0) is 20.7 Å². The average Bonchev–Trinajstić information content (AvgIpc) is 2.61. The number of benzene rings is 2. The molecule has 0 aliphatic carbocycles. The van der Waals surface area contributed by atoms with Crippen molar-refractivity contribution in [2.24, 2.45) is 0 Å². The maximum atomic E-state index is 12.9. The molecule has 0 N–H and O–H groups in total. The Kier molecular flexibility index (Phi) is 7.68. The van der Waals surface area contributed by atoms with Crippen molar-refractivity contribution in [2.45, 2.75) is 6.42 Å². The molecule has 0 saturated carbocycles. The molecule has 2 aromatic carbocycles. The van der Waals surface area contributed by atoms with E-state index in [-0.39, 0.29) is 12.3 Å². The van der Waals surface area contributed by atoms with Crippen molar-refractivity contribution in [3.05, 3.63) is 40.4 Å². The first-order valence-electron chi connectivity index (χ1n) is 8.11. The number of rotatable bonds is 9. The van der Waals surface area contributed by atoms with E-state index in [4.69, 9.17) is 14.2 Å². The smallest absolute Gasteiger partial charge is 0.227 e. The first-order chi connectivity index (χ1) is 12.1. The number of ether oxygens (including phenoxy) is 3. The molecule has 0 radical (unpaired) electrons. The third kappa shape index (κ3) is 5.17.